The zero-order valence-corrected chi connectivity index (χ0v) is 16.5. The van der Waals surface area contributed by atoms with E-state index in [4.69, 9.17) is 18.9 Å². The van der Waals surface area contributed by atoms with Crippen molar-refractivity contribution in [2.75, 3.05) is 33.3 Å². The molecule has 0 fully saturated rings. The Labute approximate surface area is 160 Å². The van der Waals surface area contributed by atoms with Crippen LogP contribution in [0.5, 0.6) is 23.0 Å². The van der Waals surface area contributed by atoms with E-state index in [2.05, 4.69) is 19.2 Å². The van der Waals surface area contributed by atoms with Crippen molar-refractivity contribution in [1.29, 1.82) is 0 Å². The predicted octanol–water partition coefficient (Wildman–Crippen LogP) is 4.39. The lowest BCUT2D eigenvalue weighted by Gasteiger charge is -2.14. The lowest BCUT2D eigenvalue weighted by Crippen LogP contribution is -2.12. The van der Waals surface area contributed by atoms with Crippen LogP contribution in [-0.2, 0) is 0 Å². The number of hydrogen-bond acceptors (Lipinski definition) is 5. The third-order valence-corrected chi connectivity index (χ3v) is 4.00. The van der Waals surface area contributed by atoms with E-state index in [1.54, 1.807) is 24.3 Å². The highest BCUT2D eigenvalue weighted by atomic mass is 16.5. The number of methoxy groups -OCH3 is 3. The fourth-order valence-corrected chi connectivity index (χ4v) is 2.46. The van der Waals surface area contributed by atoms with Crippen LogP contribution in [0.2, 0.25) is 0 Å². The predicted molar refractivity (Wildman–Crippen MR) is 105 cm³/mol. The van der Waals surface area contributed by atoms with Gasteiger partial charge in [-0.05, 0) is 48.7 Å². The summed E-state index contributed by atoms with van der Waals surface area (Å²) in [6.45, 7) is 4.99. The number of anilines is 1. The first-order valence-corrected chi connectivity index (χ1v) is 8.82. The molecule has 0 saturated heterocycles. The van der Waals surface area contributed by atoms with Gasteiger partial charge >= 0.3 is 0 Å². The first-order chi connectivity index (χ1) is 13.0. The lowest BCUT2D eigenvalue weighted by molar-refractivity contribution is 0.102. The lowest BCUT2D eigenvalue weighted by atomic mass is 10.1. The van der Waals surface area contributed by atoms with Crippen LogP contribution in [-0.4, -0.2) is 33.8 Å². The summed E-state index contributed by atoms with van der Waals surface area (Å²) in [5.41, 5.74) is 1.08. The molecule has 2 rings (SSSR count). The highest BCUT2D eigenvalue weighted by Gasteiger charge is 2.17. The van der Waals surface area contributed by atoms with Gasteiger partial charge in [-0.1, -0.05) is 13.8 Å². The smallest absolute Gasteiger partial charge is 0.255 e. The summed E-state index contributed by atoms with van der Waals surface area (Å²) < 4.78 is 21.5. The number of rotatable bonds is 9. The minimum absolute atomic E-state index is 0.275. The third kappa shape index (κ3) is 5.54. The Morgan fingerprint density at radius 3 is 2.04 bits per heavy atom. The van der Waals surface area contributed by atoms with Crippen LogP contribution < -0.4 is 24.3 Å². The molecular weight excluding hydrogens is 346 g/mol. The summed E-state index contributed by atoms with van der Waals surface area (Å²) in [6.07, 6.45) is 1.000. The summed E-state index contributed by atoms with van der Waals surface area (Å²) in [6, 6.07) is 10.5. The fourth-order valence-electron chi connectivity index (χ4n) is 2.46. The van der Waals surface area contributed by atoms with Gasteiger partial charge in [0, 0.05) is 11.3 Å². The Morgan fingerprint density at radius 2 is 1.56 bits per heavy atom. The molecule has 0 spiro atoms. The Kier molecular flexibility index (Phi) is 7.34. The second kappa shape index (κ2) is 9.71. The van der Waals surface area contributed by atoms with Crippen molar-refractivity contribution >= 4 is 11.6 Å². The van der Waals surface area contributed by atoms with Gasteiger partial charge in [0.15, 0.2) is 11.5 Å². The molecule has 1 N–H and O–H groups in total. The van der Waals surface area contributed by atoms with Crippen LogP contribution in [0.25, 0.3) is 0 Å². The largest absolute Gasteiger partial charge is 0.494 e. The van der Waals surface area contributed by atoms with Gasteiger partial charge in [-0.3, -0.25) is 4.79 Å². The van der Waals surface area contributed by atoms with E-state index in [-0.39, 0.29) is 5.91 Å². The van der Waals surface area contributed by atoms with Crippen LogP contribution in [0.4, 0.5) is 5.69 Å². The Morgan fingerprint density at radius 1 is 0.963 bits per heavy atom. The van der Waals surface area contributed by atoms with Crippen molar-refractivity contribution in [1.82, 2.24) is 0 Å². The summed E-state index contributed by atoms with van der Waals surface area (Å²) >= 11 is 0. The molecule has 27 heavy (non-hydrogen) atoms. The second-order valence-electron chi connectivity index (χ2n) is 6.42. The van der Waals surface area contributed by atoms with Gasteiger partial charge in [0.2, 0.25) is 5.75 Å². The molecule has 0 saturated carbocycles. The molecule has 0 aliphatic carbocycles. The third-order valence-electron chi connectivity index (χ3n) is 4.00. The summed E-state index contributed by atoms with van der Waals surface area (Å²) in [4.78, 5) is 12.6. The van der Waals surface area contributed by atoms with Crippen molar-refractivity contribution < 1.29 is 23.7 Å². The maximum Gasteiger partial charge on any atom is 0.255 e. The van der Waals surface area contributed by atoms with Gasteiger partial charge in [0.05, 0.1) is 27.9 Å². The molecule has 6 nitrogen and oxygen atoms in total. The molecule has 0 aliphatic heterocycles. The highest BCUT2D eigenvalue weighted by Crippen LogP contribution is 2.38. The fraction of sp³-hybridized carbons (Fsp3) is 0.381. The molecule has 2 aromatic carbocycles. The number of carbonyl (C=O) groups excluding carboxylic acids is 1. The van der Waals surface area contributed by atoms with Crippen molar-refractivity contribution in [3.63, 3.8) is 0 Å². The standard InChI is InChI=1S/C21H27NO5/c1-14(2)10-11-27-17-8-6-16(7-9-17)22-21(23)15-12-18(24-3)20(26-5)19(13-15)25-4/h6-9,12-14H,10-11H2,1-5H3,(H,22,23). The monoisotopic (exact) mass is 373 g/mol. The minimum Gasteiger partial charge on any atom is -0.494 e. The first kappa shape index (κ1) is 20.4. The first-order valence-electron chi connectivity index (χ1n) is 8.82. The average molecular weight is 373 g/mol. The topological polar surface area (TPSA) is 66.0 Å². The highest BCUT2D eigenvalue weighted by molar-refractivity contribution is 6.05. The van der Waals surface area contributed by atoms with Gasteiger partial charge in [-0.25, -0.2) is 0 Å². The number of amides is 1. The SMILES string of the molecule is COc1cc(C(=O)Nc2ccc(OCCC(C)C)cc2)cc(OC)c1OC. The van der Waals surface area contributed by atoms with E-state index in [1.165, 1.54) is 21.3 Å². The number of benzene rings is 2. The minimum atomic E-state index is -0.275. The number of nitrogens with one attached hydrogen (secondary N) is 1. The molecule has 2 aromatic rings. The summed E-state index contributed by atoms with van der Waals surface area (Å²) in [5.74, 6) is 2.40. The Balaban J connectivity index is 2.08. The van der Waals surface area contributed by atoms with Crippen LogP contribution in [0, 0.1) is 5.92 Å². The van der Waals surface area contributed by atoms with Gasteiger partial charge in [-0.15, -0.1) is 0 Å². The van der Waals surface area contributed by atoms with Gasteiger partial charge in [-0.2, -0.15) is 0 Å². The Bertz CT molecular complexity index is 731. The normalized spacial score (nSPS) is 10.4. The van der Waals surface area contributed by atoms with Crippen molar-refractivity contribution in [2.24, 2.45) is 5.92 Å². The zero-order chi connectivity index (χ0) is 19.8. The second-order valence-corrected chi connectivity index (χ2v) is 6.42. The molecule has 1 amide bonds. The molecule has 0 atom stereocenters. The van der Waals surface area contributed by atoms with Gasteiger partial charge < -0.3 is 24.3 Å². The van der Waals surface area contributed by atoms with Crippen LogP contribution >= 0.6 is 0 Å². The Hall–Kier alpha value is -2.89. The summed E-state index contributed by atoms with van der Waals surface area (Å²) in [7, 11) is 4.54. The van der Waals surface area contributed by atoms with E-state index in [1.807, 2.05) is 12.1 Å². The van der Waals surface area contributed by atoms with Gasteiger partial charge in [0.25, 0.3) is 5.91 Å². The van der Waals surface area contributed by atoms with E-state index in [9.17, 15) is 4.79 Å². The maximum atomic E-state index is 12.6. The quantitative estimate of drug-likeness (QED) is 0.706. The van der Waals surface area contributed by atoms with Crippen LogP contribution in [0.3, 0.4) is 0 Å². The molecule has 0 heterocycles. The maximum absolute atomic E-state index is 12.6. The van der Waals surface area contributed by atoms with Gasteiger partial charge in [0.1, 0.15) is 5.75 Å². The van der Waals surface area contributed by atoms with Crippen LogP contribution in [0.1, 0.15) is 30.6 Å². The van der Waals surface area contributed by atoms with E-state index in [0.29, 0.717) is 41.0 Å². The molecule has 0 bridgehead atoms. The number of hydrogen-bond donors (Lipinski definition) is 1. The number of carbonyl (C=O) groups is 1. The average Bonchev–Trinajstić information content (AvgIpc) is 2.67. The number of ether oxygens (including phenoxy) is 4. The zero-order valence-electron chi connectivity index (χ0n) is 16.5. The van der Waals surface area contributed by atoms with E-state index < -0.39 is 0 Å². The summed E-state index contributed by atoms with van der Waals surface area (Å²) in [5, 5.41) is 2.85. The molecule has 6 heteroatoms. The van der Waals surface area contributed by atoms with Crippen molar-refractivity contribution in [2.45, 2.75) is 20.3 Å². The molecule has 0 radical (unpaired) electrons. The molecule has 0 aliphatic rings. The molecule has 0 unspecified atom stereocenters. The molecule has 146 valence electrons. The molecular formula is C21H27NO5. The molecule has 0 aromatic heterocycles. The van der Waals surface area contributed by atoms with Crippen molar-refractivity contribution in [3.05, 3.63) is 42.0 Å². The van der Waals surface area contributed by atoms with Crippen LogP contribution in [0.15, 0.2) is 36.4 Å². The van der Waals surface area contributed by atoms with E-state index >= 15 is 0 Å². The van der Waals surface area contributed by atoms with E-state index in [0.717, 1.165) is 12.2 Å². The van der Waals surface area contributed by atoms with Crippen molar-refractivity contribution in [3.8, 4) is 23.0 Å².